The maximum atomic E-state index is 6.19. The molecule has 1 aliphatic heterocycles. The number of likely N-dealkylation sites (N-methyl/N-ethyl adjacent to an activating group) is 1. The summed E-state index contributed by atoms with van der Waals surface area (Å²) in [6.07, 6.45) is 1.18. The minimum absolute atomic E-state index is 0.0330. The molecule has 2 rings (SSSR count). The number of rotatable bonds is 3. The van der Waals surface area contributed by atoms with Gasteiger partial charge in [0.2, 0.25) is 0 Å². The van der Waals surface area contributed by atoms with Crippen LogP contribution in [0, 0.1) is 0 Å². The van der Waals surface area contributed by atoms with Gasteiger partial charge in [0.1, 0.15) is 5.75 Å². The van der Waals surface area contributed by atoms with E-state index < -0.39 is 0 Å². The topological polar surface area (TPSA) is 41.7 Å². The summed E-state index contributed by atoms with van der Waals surface area (Å²) in [6.45, 7) is 7.61. The van der Waals surface area contributed by atoms with Crippen LogP contribution in [0.25, 0.3) is 0 Å². The number of ether oxygens (including phenoxy) is 1. The first-order valence-electron chi connectivity index (χ1n) is 7.42. The molecule has 1 aliphatic rings. The standard InChI is InChI=1S/C16H27N3O/c1-12-11-18(3)9-6-10-19(12)14-7-5-8-15(20-4)16(14)13(2)17/h5,7-8,12-13H,6,9-11,17H2,1-4H3/t12?,13-/m1/s1. The van der Waals surface area contributed by atoms with Gasteiger partial charge < -0.3 is 20.3 Å². The molecule has 1 saturated heterocycles. The molecule has 2 atom stereocenters. The predicted octanol–water partition coefficient (Wildman–Crippen LogP) is 2.25. The third kappa shape index (κ3) is 3.07. The quantitative estimate of drug-likeness (QED) is 0.920. The van der Waals surface area contributed by atoms with Gasteiger partial charge in [0.15, 0.2) is 0 Å². The molecule has 1 unspecified atom stereocenters. The SMILES string of the molecule is COc1cccc(N2CCCN(C)CC2C)c1[C@@H](C)N. The van der Waals surface area contributed by atoms with Crippen molar-refractivity contribution >= 4 is 5.69 Å². The molecule has 0 amide bonds. The third-order valence-electron chi connectivity index (χ3n) is 4.07. The minimum Gasteiger partial charge on any atom is -0.496 e. The highest BCUT2D eigenvalue weighted by Gasteiger charge is 2.24. The summed E-state index contributed by atoms with van der Waals surface area (Å²) in [5, 5.41) is 0. The van der Waals surface area contributed by atoms with Gasteiger partial charge in [0.05, 0.1) is 7.11 Å². The lowest BCUT2D eigenvalue weighted by Gasteiger charge is -2.33. The van der Waals surface area contributed by atoms with Crippen LogP contribution >= 0.6 is 0 Å². The minimum atomic E-state index is -0.0330. The molecular weight excluding hydrogens is 250 g/mol. The molecule has 0 saturated carbocycles. The molecule has 1 aromatic carbocycles. The van der Waals surface area contributed by atoms with Crippen molar-refractivity contribution in [2.45, 2.75) is 32.4 Å². The predicted molar refractivity (Wildman–Crippen MR) is 84.5 cm³/mol. The van der Waals surface area contributed by atoms with Crippen LogP contribution in [0.4, 0.5) is 5.69 Å². The summed E-state index contributed by atoms with van der Waals surface area (Å²) >= 11 is 0. The number of hydrogen-bond donors (Lipinski definition) is 1. The van der Waals surface area contributed by atoms with Crippen LogP contribution in [0.5, 0.6) is 5.75 Å². The van der Waals surface area contributed by atoms with E-state index in [1.807, 2.05) is 13.0 Å². The normalized spacial score (nSPS) is 22.4. The van der Waals surface area contributed by atoms with Gasteiger partial charge in [-0.3, -0.25) is 0 Å². The van der Waals surface area contributed by atoms with Crippen molar-refractivity contribution < 1.29 is 4.74 Å². The molecular formula is C16H27N3O. The molecule has 4 nitrogen and oxygen atoms in total. The van der Waals surface area contributed by atoms with Gasteiger partial charge in [0, 0.05) is 36.4 Å². The summed E-state index contributed by atoms with van der Waals surface area (Å²) < 4.78 is 5.51. The second-order valence-electron chi connectivity index (χ2n) is 5.84. The maximum absolute atomic E-state index is 6.19. The molecule has 0 bridgehead atoms. The van der Waals surface area contributed by atoms with Crippen LogP contribution in [-0.4, -0.2) is 44.7 Å². The molecule has 20 heavy (non-hydrogen) atoms. The largest absolute Gasteiger partial charge is 0.496 e. The van der Waals surface area contributed by atoms with Gasteiger partial charge in [0.25, 0.3) is 0 Å². The Morgan fingerprint density at radius 2 is 2.10 bits per heavy atom. The van der Waals surface area contributed by atoms with Gasteiger partial charge in [-0.1, -0.05) is 6.07 Å². The van der Waals surface area contributed by atoms with E-state index >= 15 is 0 Å². The number of benzene rings is 1. The number of anilines is 1. The molecule has 0 aliphatic carbocycles. The number of methoxy groups -OCH3 is 1. The van der Waals surface area contributed by atoms with Crippen molar-refractivity contribution in [3.05, 3.63) is 23.8 Å². The summed E-state index contributed by atoms with van der Waals surface area (Å²) in [7, 11) is 3.91. The molecule has 112 valence electrons. The Labute approximate surface area is 122 Å². The van der Waals surface area contributed by atoms with E-state index in [4.69, 9.17) is 10.5 Å². The Morgan fingerprint density at radius 1 is 1.35 bits per heavy atom. The first-order chi connectivity index (χ1) is 9.54. The van der Waals surface area contributed by atoms with Crippen molar-refractivity contribution in [3.8, 4) is 5.75 Å². The number of nitrogens with two attached hydrogens (primary N) is 1. The van der Waals surface area contributed by atoms with Gasteiger partial charge in [-0.15, -0.1) is 0 Å². The second-order valence-corrected chi connectivity index (χ2v) is 5.84. The van der Waals surface area contributed by atoms with Gasteiger partial charge >= 0.3 is 0 Å². The van der Waals surface area contributed by atoms with E-state index in [-0.39, 0.29) is 6.04 Å². The van der Waals surface area contributed by atoms with E-state index in [1.165, 1.54) is 12.1 Å². The summed E-state index contributed by atoms with van der Waals surface area (Å²) in [6, 6.07) is 6.67. The highest BCUT2D eigenvalue weighted by molar-refractivity contribution is 5.61. The van der Waals surface area contributed by atoms with Crippen molar-refractivity contribution in [3.63, 3.8) is 0 Å². The van der Waals surface area contributed by atoms with E-state index in [0.717, 1.165) is 30.9 Å². The fourth-order valence-corrected chi connectivity index (χ4v) is 3.15. The Bertz CT molecular complexity index is 447. The molecule has 2 N–H and O–H groups in total. The van der Waals surface area contributed by atoms with Crippen LogP contribution in [0.1, 0.15) is 31.9 Å². The third-order valence-corrected chi connectivity index (χ3v) is 4.07. The van der Waals surface area contributed by atoms with Crippen molar-refractivity contribution in [1.82, 2.24) is 4.90 Å². The monoisotopic (exact) mass is 277 g/mol. The fourth-order valence-electron chi connectivity index (χ4n) is 3.15. The molecule has 0 spiro atoms. The van der Waals surface area contributed by atoms with E-state index in [2.05, 4.69) is 35.9 Å². The van der Waals surface area contributed by atoms with Crippen LogP contribution in [-0.2, 0) is 0 Å². The smallest absolute Gasteiger partial charge is 0.125 e. The molecule has 4 heteroatoms. The Balaban J connectivity index is 2.40. The molecule has 0 radical (unpaired) electrons. The second kappa shape index (κ2) is 6.46. The summed E-state index contributed by atoms with van der Waals surface area (Å²) in [5.74, 6) is 0.891. The highest BCUT2D eigenvalue weighted by Crippen LogP contribution is 2.35. The molecule has 1 aromatic rings. The lowest BCUT2D eigenvalue weighted by molar-refractivity contribution is 0.337. The van der Waals surface area contributed by atoms with Crippen LogP contribution in [0.2, 0.25) is 0 Å². The Kier molecular flexibility index (Phi) is 4.89. The van der Waals surface area contributed by atoms with Gasteiger partial charge in [-0.05, 0) is 46.0 Å². The summed E-state index contributed by atoms with van der Waals surface area (Å²) in [5.41, 5.74) is 8.53. The Hall–Kier alpha value is -1.26. The fraction of sp³-hybridized carbons (Fsp3) is 0.625. The number of hydrogen-bond acceptors (Lipinski definition) is 4. The average Bonchev–Trinajstić information content (AvgIpc) is 2.58. The highest BCUT2D eigenvalue weighted by atomic mass is 16.5. The Morgan fingerprint density at radius 3 is 2.75 bits per heavy atom. The lowest BCUT2D eigenvalue weighted by atomic mass is 10.0. The maximum Gasteiger partial charge on any atom is 0.125 e. The molecule has 0 aromatic heterocycles. The zero-order valence-corrected chi connectivity index (χ0v) is 13.1. The average molecular weight is 277 g/mol. The van der Waals surface area contributed by atoms with E-state index in [0.29, 0.717) is 6.04 Å². The number of nitrogens with zero attached hydrogens (tertiary/aromatic N) is 2. The summed E-state index contributed by atoms with van der Waals surface area (Å²) in [4.78, 5) is 4.88. The van der Waals surface area contributed by atoms with Crippen molar-refractivity contribution in [2.75, 3.05) is 38.7 Å². The van der Waals surface area contributed by atoms with Crippen molar-refractivity contribution in [1.29, 1.82) is 0 Å². The molecule has 1 heterocycles. The van der Waals surface area contributed by atoms with Crippen LogP contribution in [0.3, 0.4) is 0 Å². The van der Waals surface area contributed by atoms with Gasteiger partial charge in [-0.2, -0.15) is 0 Å². The zero-order chi connectivity index (χ0) is 14.7. The van der Waals surface area contributed by atoms with Crippen LogP contribution in [0.15, 0.2) is 18.2 Å². The van der Waals surface area contributed by atoms with Crippen LogP contribution < -0.4 is 15.4 Å². The zero-order valence-electron chi connectivity index (χ0n) is 13.1. The molecule has 1 fully saturated rings. The van der Waals surface area contributed by atoms with Gasteiger partial charge in [-0.25, -0.2) is 0 Å². The van der Waals surface area contributed by atoms with E-state index in [1.54, 1.807) is 7.11 Å². The first kappa shape index (κ1) is 15.1. The lowest BCUT2D eigenvalue weighted by Crippen LogP contribution is -2.38. The van der Waals surface area contributed by atoms with E-state index in [9.17, 15) is 0 Å². The first-order valence-corrected chi connectivity index (χ1v) is 7.42. The van der Waals surface area contributed by atoms with Crippen molar-refractivity contribution in [2.24, 2.45) is 5.73 Å².